The number of hydrazine groups is 1. The lowest BCUT2D eigenvalue weighted by molar-refractivity contribution is 0.459. The van der Waals surface area contributed by atoms with Gasteiger partial charge in [-0.05, 0) is 6.42 Å². The molecule has 1 saturated heterocycles. The minimum atomic E-state index is 0.526. The van der Waals surface area contributed by atoms with Crippen molar-refractivity contribution in [3.63, 3.8) is 0 Å². The zero-order chi connectivity index (χ0) is 13.8. The van der Waals surface area contributed by atoms with E-state index in [0.29, 0.717) is 6.04 Å². The Morgan fingerprint density at radius 2 is 1.74 bits per heavy atom. The van der Waals surface area contributed by atoms with E-state index in [-0.39, 0.29) is 0 Å². The number of nitrogens with one attached hydrogen (secondary N) is 1. The van der Waals surface area contributed by atoms with Crippen LogP contribution in [0.3, 0.4) is 0 Å². The Morgan fingerprint density at radius 3 is 2.32 bits per heavy atom. The lowest BCUT2D eigenvalue weighted by Gasteiger charge is -2.29. The summed E-state index contributed by atoms with van der Waals surface area (Å²) in [5.41, 5.74) is 3.06. The molecule has 0 aromatic carbocycles. The average Bonchev–Trinajstić information content (AvgIpc) is 2.47. The maximum absolute atomic E-state index is 5.73. The van der Waals surface area contributed by atoms with Crippen molar-refractivity contribution >= 4 is 23.5 Å². The summed E-state index contributed by atoms with van der Waals surface area (Å²) in [7, 11) is 0. The largest absolute Gasteiger partial charge is 0.271 e. The van der Waals surface area contributed by atoms with Gasteiger partial charge in [-0.3, -0.25) is 11.3 Å². The fourth-order valence-electron chi connectivity index (χ4n) is 2.61. The minimum Gasteiger partial charge on any atom is -0.271 e. The monoisotopic (exact) mass is 304 g/mol. The van der Waals surface area contributed by atoms with E-state index >= 15 is 0 Å². The van der Waals surface area contributed by atoms with Gasteiger partial charge in [0.25, 0.3) is 0 Å². The Labute approximate surface area is 128 Å². The summed E-state index contributed by atoms with van der Waals surface area (Å²) in [5.74, 6) is 9.61. The molecule has 0 aromatic heterocycles. The lowest BCUT2D eigenvalue weighted by Crippen LogP contribution is -2.44. The van der Waals surface area contributed by atoms with E-state index in [0.717, 1.165) is 5.25 Å². The van der Waals surface area contributed by atoms with Gasteiger partial charge in [-0.2, -0.15) is 23.5 Å². The van der Waals surface area contributed by atoms with Crippen molar-refractivity contribution in [2.45, 2.75) is 76.0 Å². The van der Waals surface area contributed by atoms with Gasteiger partial charge in [0, 0.05) is 28.6 Å². The van der Waals surface area contributed by atoms with Crippen molar-refractivity contribution in [2.24, 2.45) is 5.84 Å². The number of unbranched alkanes of at least 4 members (excludes halogenated alkanes) is 7. The van der Waals surface area contributed by atoms with Gasteiger partial charge in [0.1, 0.15) is 0 Å². The molecule has 0 aliphatic carbocycles. The summed E-state index contributed by atoms with van der Waals surface area (Å²) in [4.78, 5) is 0. The first-order valence-electron chi connectivity index (χ1n) is 8.04. The Hall–Kier alpha value is 0.620. The minimum absolute atomic E-state index is 0.526. The standard InChI is InChI=1S/C15H32N2S2/c1-2-3-4-5-6-7-8-9-10-14(17-16)15-13-18-11-12-19-15/h14-15,17H,2-13,16H2,1H3. The van der Waals surface area contributed by atoms with Gasteiger partial charge < -0.3 is 0 Å². The van der Waals surface area contributed by atoms with E-state index in [1.165, 1.54) is 75.0 Å². The molecule has 2 atom stereocenters. The van der Waals surface area contributed by atoms with Crippen molar-refractivity contribution in [2.75, 3.05) is 17.3 Å². The first-order chi connectivity index (χ1) is 9.38. The first-order valence-corrected chi connectivity index (χ1v) is 10.2. The van der Waals surface area contributed by atoms with Crippen LogP contribution in [0.15, 0.2) is 0 Å². The summed E-state index contributed by atoms with van der Waals surface area (Å²) in [6.07, 6.45) is 12.4. The van der Waals surface area contributed by atoms with E-state index < -0.39 is 0 Å². The third kappa shape index (κ3) is 8.49. The molecule has 3 N–H and O–H groups in total. The Morgan fingerprint density at radius 1 is 1.05 bits per heavy atom. The van der Waals surface area contributed by atoms with E-state index in [2.05, 4.69) is 35.9 Å². The third-order valence-electron chi connectivity index (χ3n) is 3.87. The second kappa shape index (κ2) is 12.4. The van der Waals surface area contributed by atoms with Crippen molar-refractivity contribution < 1.29 is 0 Å². The molecule has 2 nitrogen and oxygen atoms in total. The molecule has 19 heavy (non-hydrogen) atoms. The van der Waals surface area contributed by atoms with Gasteiger partial charge in [0.05, 0.1) is 0 Å². The van der Waals surface area contributed by atoms with Crippen molar-refractivity contribution in [1.82, 2.24) is 5.43 Å². The highest BCUT2D eigenvalue weighted by molar-refractivity contribution is 8.06. The fourth-order valence-corrected chi connectivity index (χ4v) is 5.52. The maximum Gasteiger partial charge on any atom is 0.0337 e. The Kier molecular flexibility index (Phi) is 11.5. The van der Waals surface area contributed by atoms with Crippen LogP contribution in [0.2, 0.25) is 0 Å². The molecular formula is C15H32N2S2. The van der Waals surface area contributed by atoms with Crippen molar-refractivity contribution in [1.29, 1.82) is 0 Å². The van der Waals surface area contributed by atoms with Crippen molar-refractivity contribution in [3.8, 4) is 0 Å². The van der Waals surface area contributed by atoms with Crippen LogP contribution in [-0.2, 0) is 0 Å². The number of hydrogen-bond donors (Lipinski definition) is 2. The van der Waals surface area contributed by atoms with Crippen molar-refractivity contribution in [3.05, 3.63) is 0 Å². The molecule has 0 spiro atoms. The van der Waals surface area contributed by atoms with Gasteiger partial charge in [-0.25, -0.2) is 0 Å². The van der Waals surface area contributed by atoms with Crippen LogP contribution in [-0.4, -0.2) is 28.6 Å². The van der Waals surface area contributed by atoms with Crippen LogP contribution in [0.25, 0.3) is 0 Å². The molecule has 0 bridgehead atoms. The second-order valence-electron chi connectivity index (χ2n) is 5.52. The highest BCUT2D eigenvalue weighted by Crippen LogP contribution is 2.28. The third-order valence-corrected chi connectivity index (χ3v) is 6.79. The van der Waals surface area contributed by atoms with E-state index in [1.807, 2.05) is 0 Å². The lowest BCUT2D eigenvalue weighted by atomic mass is 10.0. The second-order valence-corrected chi connectivity index (χ2v) is 8.02. The van der Waals surface area contributed by atoms with Crippen LogP contribution in [0, 0.1) is 0 Å². The SMILES string of the molecule is CCCCCCCCCCC(NN)C1CSCCS1. The zero-order valence-electron chi connectivity index (χ0n) is 12.5. The smallest absolute Gasteiger partial charge is 0.0337 e. The molecule has 1 aliphatic rings. The molecule has 1 heterocycles. The molecule has 0 radical (unpaired) electrons. The topological polar surface area (TPSA) is 38.0 Å². The zero-order valence-corrected chi connectivity index (χ0v) is 14.2. The van der Waals surface area contributed by atoms with Gasteiger partial charge in [0.15, 0.2) is 0 Å². The van der Waals surface area contributed by atoms with Crippen LogP contribution < -0.4 is 11.3 Å². The summed E-state index contributed by atoms with van der Waals surface area (Å²) < 4.78 is 0. The summed E-state index contributed by atoms with van der Waals surface area (Å²) >= 11 is 4.20. The first kappa shape index (κ1) is 17.7. The normalized spacial score (nSPS) is 21.5. The van der Waals surface area contributed by atoms with E-state index in [9.17, 15) is 0 Å². The Bertz CT molecular complexity index is 197. The quantitative estimate of drug-likeness (QED) is 0.341. The maximum atomic E-state index is 5.73. The van der Waals surface area contributed by atoms with Gasteiger partial charge in [0.2, 0.25) is 0 Å². The molecule has 1 rings (SSSR count). The van der Waals surface area contributed by atoms with E-state index in [1.54, 1.807) is 0 Å². The van der Waals surface area contributed by atoms with E-state index in [4.69, 9.17) is 5.84 Å². The van der Waals surface area contributed by atoms with Gasteiger partial charge in [-0.1, -0.05) is 58.3 Å². The summed E-state index contributed by atoms with van der Waals surface area (Å²) in [5, 5.41) is 0.730. The number of hydrogen-bond acceptors (Lipinski definition) is 4. The van der Waals surface area contributed by atoms with Gasteiger partial charge >= 0.3 is 0 Å². The molecule has 1 aliphatic heterocycles. The molecule has 4 heteroatoms. The predicted octanol–water partition coefficient (Wildman–Crippen LogP) is 4.20. The highest BCUT2D eigenvalue weighted by Gasteiger charge is 2.22. The van der Waals surface area contributed by atoms with Crippen LogP contribution in [0.5, 0.6) is 0 Å². The summed E-state index contributed by atoms with van der Waals surface area (Å²) in [6, 6.07) is 0.526. The predicted molar refractivity (Wildman–Crippen MR) is 91.9 cm³/mol. The molecule has 0 aromatic rings. The Balaban J connectivity index is 1.96. The molecular weight excluding hydrogens is 272 g/mol. The summed E-state index contributed by atoms with van der Waals surface area (Å²) in [6.45, 7) is 2.28. The fraction of sp³-hybridized carbons (Fsp3) is 1.00. The van der Waals surface area contributed by atoms with Crippen LogP contribution >= 0.6 is 23.5 Å². The molecule has 0 saturated carbocycles. The highest BCUT2D eigenvalue weighted by atomic mass is 32.2. The van der Waals surface area contributed by atoms with Crippen LogP contribution in [0.4, 0.5) is 0 Å². The number of nitrogens with two attached hydrogens (primary N) is 1. The average molecular weight is 305 g/mol. The number of thioether (sulfide) groups is 2. The molecule has 0 amide bonds. The molecule has 114 valence electrons. The van der Waals surface area contributed by atoms with Crippen LogP contribution in [0.1, 0.15) is 64.7 Å². The molecule has 1 fully saturated rings. The van der Waals surface area contributed by atoms with Gasteiger partial charge in [-0.15, -0.1) is 0 Å². The number of rotatable bonds is 11. The molecule has 2 unspecified atom stereocenters.